The van der Waals surface area contributed by atoms with Crippen LogP contribution in [-0.4, -0.2) is 45.1 Å². The van der Waals surface area contributed by atoms with Gasteiger partial charge in [-0.3, -0.25) is 9.69 Å². The van der Waals surface area contributed by atoms with E-state index in [0.717, 1.165) is 30.6 Å². The van der Waals surface area contributed by atoms with Crippen molar-refractivity contribution in [1.29, 1.82) is 0 Å². The Hall–Kier alpha value is -2.08. The van der Waals surface area contributed by atoms with Gasteiger partial charge < -0.3 is 14.5 Å². The number of nitrogens with one attached hydrogen (secondary N) is 1. The molecule has 2 atom stereocenters. The monoisotopic (exact) mass is 329 g/mol. The Morgan fingerprint density at radius 2 is 2.12 bits per heavy atom. The molecule has 1 fully saturated rings. The zero-order valence-electron chi connectivity index (χ0n) is 15.0. The number of carbonyl (C=O) groups is 1. The molecule has 0 aromatic carbocycles. The normalized spacial score (nSPS) is 21.8. The van der Waals surface area contributed by atoms with Crippen molar-refractivity contribution < 1.29 is 4.79 Å². The molecule has 2 aromatic rings. The number of amides is 1. The highest BCUT2D eigenvalue weighted by molar-refractivity contribution is 5.94. The molecule has 24 heavy (non-hydrogen) atoms. The van der Waals surface area contributed by atoms with E-state index in [1.165, 1.54) is 5.69 Å². The summed E-state index contributed by atoms with van der Waals surface area (Å²) in [5, 5.41) is 3.15. The van der Waals surface area contributed by atoms with Gasteiger partial charge in [-0.2, -0.15) is 0 Å². The van der Waals surface area contributed by atoms with Crippen molar-refractivity contribution in [3.8, 4) is 0 Å². The minimum Gasteiger partial charge on any atom is -0.350 e. The second-order valence-corrected chi connectivity index (χ2v) is 6.93. The summed E-state index contributed by atoms with van der Waals surface area (Å²) in [6.45, 7) is 3.74. The van der Waals surface area contributed by atoms with Gasteiger partial charge in [0.2, 0.25) is 0 Å². The van der Waals surface area contributed by atoms with Crippen LogP contribution in [0.25, 0.3) is 0 Å². The van der Waals surface area contributed by atoms with Crippen LogP contribution in [0, 0.1) is 12.8 Å². The molecule has 1 N–H and O–H groups in total. The van der Waals surface area contributed by atoms with Crippen LogP contribution < -0.4 is 5.32 Å². The van der Waals surface area contributed by atoms with E-state index in [0.29, 0.717) is 18.5 Å². The fourth-order valence-corrected chi connectivity index (χ4v) is 3.90. The Kier molecular flexibility index (Phi) is 4.76. The number of carbonyl (C=O) groups excluding carboxylic acids is 1. The molecule has 0 spiro atoms. The molecule has 0 bridgehead atoms. The van der Waals surface area contributed by atoms with E-state index in [1.807, 2.05) is 50.4 Å². The van der Waals surface area contributed by atoms with Gasteiger partial charge in [-0.1, -0.05) is 0 Å². The van der Waals surface area contributed by atoms with Gasteiger partial charge in [0.05, 0.1) is 18.1 Å². The maximum atomic E-state index is 12.6. The van der Waals surface area contributed by atoms with Crippen molar-refractivity contribution in [3.63, 3.8) is 0 Å². The lowest BCUT2D eigenvalue weighted by Crippen LogP contribution is -2.42. The Morgan fingerprint density at radius 1 is 1.33 bits per heavy atom. The molecular weight excluding hydrogens is 302 g/mol. The first-order valence-electron chi connectivity index (χ1n) is 8.55. The third-order valence-electron chi connectivity index (χ3n) is 5.18. The summed E-state index contributed by atoms with van der Waals surface area (Å²) in [6.07, 6.45) is 8.00. The van der Waals surface area contributed by atoms with Crippen molar-refractivity contribution in [1.82, 2.24) is 24.3 Å². The summed E-state index contributed by atoms with van der Waals surface area (Å²) < 4.78 is 3.97. The van der Waals surface area contributed by atoms with Gasteiger partial charge >= 0.3 is 0 Å². The average Bonchev–Trinajstić information content (AvgIpc) is 3.11. The van der Waals surface area contributed by atoms with E-state index in [4.69, 9.17) is 0 Å². The summed E-state index contributed by atoms with van der Waals surface area (Å²) in [5.74, 6) is 0.403. The first-order valence-corrected chi connectivity index (χ1v) is 8.55. The number of rotatable bonds is 4. The number of aromatic nitrogens is 3. The average molecular weight is 329 g/mol. The Labute approximate surface area is 143 Å². The zero-order valence-corrected chi connectivity index (χ0v) is 15.0. The summed E-state index contributed by atoms with van der Waals surface area (Å²) in [6, 6.07) is 2.27. The smallest absolute Gasteiger partial charge is 0.268 e. The third kappa shape index (κ3) is 3.11. The predicted octanol–water partition coefficient (Wildman–Crippen LogP) is 1.88. The molecular formula is C18H27N5O. The van der Waals surface area contributed by atoms with E-state index in [2.05, 4.69) is 26.8 Å². The molecule has 130 valence electrons. The molecule has 6 nitrogen and oxygen atoms in total. The lowest BCUT2D eigenvalue weighted by molar-refractivity contribution is 0.0874. The lowest BCUT2D eigenvalue weighted by Gasteiger charge is -2.39. The molecule has 3 rings (SSSR count). The van der Waals surface area contributed by atoms with Crippen molar-refractivity contribution in [2.45, 2.75) is 25.8 Å². The number of piperidine rings is 1. The Bertz CT molecular complexity index is 697. The second-order valence-electron chi connectivity index (χ2n) is 6.93. The zero-order chi connectivity index (χ0) is 17.3. The van der Waals surface area contributed by atoms with Crippen LogP contribution in [0.3, 0.4) is 0 Å². The SMILES string of the molecule is Cc1ccn(C)c1C(=O)NC[C@@H]1CCCN(C)[C@H]1c1cncn1C. The van der Waals surface area contributed by atoms with E-state index in [9.17, 15) is 4.79 Å². The number of nitrogens with zero attached hydrogens (tertiary/aromatic N) is 4. The highest BCUT2D eigenvalue weighted by Crippen LogP contribution is 2.34. The Morgan fingerprint density at radius 3 is 2.75 bits per heavy atom. The van der Waals surface area contributed by atoms with Gasteiger partial charge in [-0.25, -0.2) is 4.98 Å². The minimum atomic E-state index is 0.0111. The highest BCUT2D eigenvalue weighted by Gasteiger charge is 2.32. The number of imidazole rings is 1. The first-order chi connectivity index (χ1) is 11.5. The molecule has 1 saturated heterocycles. The van der Waals surface area contributed by atoms with Crippen LogP contribution >= 0.6 is 0 Å². The summed E-state index contributed by atoms with van der Waals surface area (Å²) in [5.41, 5.74) is 2.97. The van der Waals surface area contributed by atoms with Crippen molar-refractivity contribution >= 4 is 5.91 Å². The molecule has 0 saturated carbocycles. The van der Waals surface area contributed by atoms with Crippen LogP contribution in [0.4, 0.5) is 0 Å². The molecule has 2 aromatic heterocycles. The van der Waals surface area contributed by atoms with E-state index in [-0.39, 0.29) is 5.91 Å². The molecule has 0 unspecified atom stereocenters. The maximum absolute atomic E-state index is 12.6. The lowest BCUT2D eigenvalue weighted by atomic mass is 9.87. The second kappa shape index (κ2) is 6.81. The first kappa shape index (κ1) is 16.8. The largest absolute Gasteiger partial charge is 0.350 e. The van der Waals surface area contributed by atoms with Gasteiger partial charge in [-0.05, 0) is 50.9 Å². The fraction of sp³-hybridized carbons (Fsp3) is 0.556. The molecule has 1 aliphatic heterocycles. The van der Waals surface area contributed by atoms with Crippen molar-refractivity contribution in [3.05, 3.63) is 41.7 Å². The summed E-state index contributed by atoms with van der Waals surface area (Å²) in [7, 11) is 6.11. The standard InChI is InChI=1S/C18H27N5O/c1-13-7-9-22(3)16(13)18(24)20-10-14-6-5-8-21(2)17(14)15-11-19-12-23(15)4/h7,9,11-12,14,17H,5-6,8,10H2,1-4H3,(H,20,24)/t14-,17+/m0/s1. The van der Waals surface area contributed by atoms with Gasteiger partial charge in [-0.15, -0.1) is 0 Å². The van der Waals surface area contributed by atoms with Crippen molar-refractivity contribution in [2.24, 2.45) is 20.0 Å². The van der Waals surface area contributed by atoms with Crippen LogP contribution in [0.2, 0.25) is 0 Å². The van der Waals surface area contributed by atoms with Gasteiger partial charge in [0.25, 0.3) is 5.91 Å². The predicted molar refractivity (Wildman–Crippen MR) is 93.8 cm³/mol. The topological polar surface area (TPSA) is 55.1 Å². The molecule has 0 aliphatic carbocycles. The fourth-order valence-electron chi connectivity index (χ4n) is 3.90. The summed E-state index contributed by atoms with van der Waals surface area (Å²) in [4.78, 5) is 19.2. The summed E-state index contributed by atoms with van der Waals surface area (Å²) >= 11 is 0. The van der Waals surface area contributed by atoms with E-state index in [1.54, 1.807) is 0 Å². The van der Waals surface area contributed by atoms with Crippen molar-refractivity contribution in [2.75, 3.05) is 20.1 Å². The van der Waals surface area contributed by atoms with Gasteiger partial charge in [0, 0.05) is 33.0 Å². The van der Waals surface area contributed by atoms with Crippen LogP contribution in [0.15, 0.2) is 24.8 Å². The molecule has 1 aliphatic rings. The highest BCUT2D eigenvalue weighted by atomic mass is 16.1. The number of hydrogen-bond donors (Lipinski definition) is 1. The maximum Gasteiger partial charge on any atom is 0.268 e. The third-order valence-corrected chi connectivity index (χ3v) is 5.18. The van der Waals surface area contributed by atoms with Crippen LogP contribution in [0.5, 0.6) is 0 Å². The van der Waals surface area contributed by atoms with Gasteiger partial charge in [0.1, 0.15) is 5.69 Å². The van der Waals surface area contributed by atoms with Crippen LogP contribution in [-0.2, 0) is 14.1 Å². The molecule has 3 heterocycles. The number of likely N-dealkylation sites (tertiary alicyclic amines) is 1. The van der Waals surface area contributed by atoms with Crippen LogP contribution in [0.1, 0.15) is 40.6 Å². The minimum absolute atomic E-state index is 0.0111. The van der Waals surface area contributed by atoms with E-state index < -0.39 is 0 Å². The van der Waals surface area contributed by atoms with Gasteiger partial charge in [0.15, 0.2) is 0 Å². The van der Waals surface area contributed by atoms with E-state index >= 15 is 0 Å². The molecule has 6 heteroatoms. The quantitative estimate of drug-likeness (QED) is 0.932. The molecule has 0 radical (unpaired) electrons. The molecule has 1 amide bonds. The number of hydrogen-bond acceptors (Lipinski definition) is 3. The Balaban J connectivity index is 1.73. The number of aryl methyl sites for hydroxylation is 3.